The van der Waals surface area contributed by atoms with E-state index in [0.717, 1.165) is 17.4 Å². The number of rotatable bonds is 3. The van der Waals surface area contributed by atoms with Crippen molar-refractivity contribution in [3.05, 3.63) is 45.6 Å². The molecule has 106 valence electrons. The second-order valence-corrected chi connectivity index (χ2v) is 7.59. The maximum Gasteiger partial charge on any atom is 0.265 e. The molecule has 0 radical (unpaired) electrons. The molecule has 2 aromatic rings. The minimum atomic E-state index is -3.40. The van der Waals surface area contributed by atoms with Crippen molar-refractivity contribution >= 4 is 32.8 Å². The van der Waals surface area contributed by atoms with Crippen molar-refractivity contribution in [2.75, 3.05) is 11.6 Å². The Labute approximate surface area is 122 Å². The minimum absolute atomic E-state index is 0.153. The molecule has 1 heterocycles. The smallest absolute Gasteiger partial charge is 0.265 e. The normalized spacial score (nSPS) is 11.3. The van der Waals surface area contributed by atoms with Crippen molar-refractivity contribution in [3.63, 3.8) is 0 Å². The van der Waals surface area contributed by atoms with Crippen LogP contribution in [-0.4, -0.2) is 20.6 Å². The lowest BCUT2D eigenvalue weighted by atomic mass is 10.1. The van der Waals surface area contributed by atoms with Crippen LogP contribution in [0.15, 0.2) is 34.5 Å². The van der Waals surface area contributed by atoms with Gasteiger partial charge in [-0.2, -0.15) is 0 Å². The van der Waals surface area contributed by atoms with Gasteiger partial charge in [-0.25, -0.2) is 8.42 Å². The number of anilines is 1. The van der Waals surface area contributed by atoms with Crippen LogP contribution < -0.4 is 5.32 Å². The van der Waals surface area contributed by atoms with Crippen molar-refractivity contribution in [1.29, 1.82) is 0 Å². The van der Waals surface area contributed by atoms with Crippen LogP contribution in [0.4, 0.5) is 5.69 Å². The second-order valence-electron chi connectivity index (χ2n) is 4.66. The molecule has 1 aromatic carbocycles. The predicted octanol–water partition coefficient (Wildman–Crippen LogP) is 3.02. The molecule has 4 nitrogen and oxygen atoms in total. The molecule has 1 N–H and O–H groups in total. The van der Waals surface area contributed by atoms with Gasteiger partial charge in [0.05, 0.1) is 15.5 Å². The van der Waals surface area contributed by atoms with Crippen LogP contribution in [0.1, 0.15) is 20.8 Å². The molecule has 0 aliphatic heterocycles. The molecule has 0 saturated carbocycles. The van der Waals surface area contributed by atoms with Gasteiger partial charge in [-0.05, 0) is 42.5 Å². The molecule has 6 heteroatoms. The Hall–Kier alpha value is -1.66. The SMILES string of the molecule is Cc1cc(C)c(NC(=O)c2cccs2)c(S(C)(=O)=O)c1. The zero-order chi connectivity index (χ0) is 14.9. The topological polar surface area (TPSA) is 63.2 Å². The van der Waals surface area contributed by atoms with Crippen LogP contribution in [0.5, 0.6) is 0 Å². The summed E-state index contributed by atoms with van der Waals surface area (Å²) >= 11 is 1.31. The van der Waals surface area contributed by atoms with Crippen LogP contribution in [0.25, 0.3) is 0 Å². The number of sulfone groups is 1. The highest BCUT2D eigenvalue weighted by atomic mass is 32.2. The van der Waals surface area contributed by atoms with Crippen molar-refractivity contribution in [2.24, 2.45) is 0 Å². The van der Waals surface area contributed by atoms with Crippen LogP contribution >= 0.6 is 11.3 Å². The third-order valence-corrected chi connectivity index (χ3v) is 4.82. The maximum absolute atomic E-state index is 12.1. The number of thiophene rings is 1. The van der Waals surface area contributed by atoms with Gasteiger partial charge in [0.2, 0.25) is 0 Å². The summed E-state index contributed by atoms with van der Waals surface area (Å²) in [5, 5.41) is 4.51. The van der Waals surface area contributed by atoms with Crippen molar-refractivity contribution < 1.29 is 13.2 Å². The zero-order valence-electron chi connectivity index (χ0n) is 11.4. The first-order chi connectivity index (χ1) is 9.29. The molecule has 0 unspecified atom stereocenters. The summed E-state index contributed by atoms with van der Waals surface area (Å²) in [5.74, 6) is -0.295. The molecule has 2 rings (SSSR count). The van der Waals surface area contributed by atoms with Crippen molar-refractivity contribution in [2.45, 2.75) is 18.7 Å². The highest BCUT2D eigenvalue weighted by Gasteiger charge is 2.18. The Morgan fingerprint density at radius 3 is 2.50 bits per heavy atom. The standard InChI is InChI=1S/C14H15NO3S2/c1-9-7-10(2)13(12(8-9)20(3,17)18)15-14(16)11-5-4-6-19-11/h4-8H,1-3H3,(H,15,16). The van der Waals surface area contributed by atoms with Crippen molar-refractivity contribution in [3.8, 4) is 0 Å². The van der Waals surface area contributed by atoms with Gasteiger partial charge in [-0.3, -0.25) is 4.79 Å². The maximum atomic E-state index is 12.1. The lowest BCUT2D eigenvalue weighted by molar-refractivity contribution is 0.103. The third-order valence-electron chi connectivity index (χ3n) is 2.83. The summed E-state index contributed by atoms with van der Waals surface area (Å²) in [5.41, 5.74) is 1.93. The summed E-state index contributed by atoms with van der Waals surface area (Å²) in [6.07, 6.45) is 1.14. The minimum Gasteiger partial charge on any atom is -0.320 e. The van der Waals surface area contributed by atoms with Crippen LogP contribution in [-0.2, 0) is 9.84 Å². The van der Waals surface area contributed by atoms with Crippen LogP contribution in [0, 0.1) is 13.8 Å². The largest absolute Gasteiger partial charge is 0.320 e. The number of benzene rings is 1. The molecule has 0 spiro atoms. The van der Waals surface area contributed by atoms with Gasteiger partial charge in [0.25, 0.3) is 5.91 Å². The molecule has 0 saturated heterocycles. The Bertz CT molecular complexity index is 747. The first-order valence-corrected chi connectivity index (χ1v) is 8.72. The van der Waals surface area contributed by atoms with Gasteiger partial charge < -0.3 is 5.32 Å². The van der Waals surface area contributed by atoms with Crippen LogP contribution in [0.2, 0.25) is 0 Å². The first kappa shape index (κ1) is 14.7. The molecular weight excluding hydrogens is 294 g/mol. The van der Waals surface area contributed by atoms with E-state index in [1.807, 2.05) is 13.0 Å². The van der Waals surface area contributed by atoms with Gasteiger partial charge in [0.1, 0.15) is 0 Å². The van der Waals surface area contributed by atoms with E-state index in [9.17, 15) is 13.2 Å². The molecule has 0 fully saturated rings. The van der Waals surface area contributed by atoms with Gasteiger partial charge in [0, 0.05) is 6.26 Å². The van der Waals surface area contributed by atoms with Gasteiger partial charge in [-0.15, -0.1) is 11.3 Å². The van der Waals surface area contributed by atoms with E-state index in [1.165, 1.54) is 11.3 Å². The number of carbonyl (C=O) groups is 1. The van der Waals surface area contributed by atoms with Crippen molar-refractivity contribution in [1.82, 2.24) is 0 Å². The zero-order valence-corrected chi connectivity index (χ0v) is 13.1. The number of hydrogen-bond donors (Lipinski definition) is 1. The Morgan fingerprint density at radius 2 is 1.95 bits per heavy atom. The third kappa shape index (κ3) is 3.08. The average Bonchev–Trinajstić information content (AvgIpc) is 2.84. The van der Waals surface area contributed by atoms with E-state index in [0.29, 0.717) is 10.6 Å². The lowest BCUT2D eigenvalue weighted by Crippen LogP contribution is -2.15. The van der Waals surface area contributed by atoms with Gasteiger partial charge in [-0.1, -0.05) is 12.1 Å². The number of nitrogens with one attached hydrogen (secondary N) is 1. The molecule has 20 heavy (non-hydrogen) atoms. The molecule has 0 aliphatic rings. The van der Waals surface area contributed by atoms with E-state index >= 15 is 0 Å². The van der Waals surface area contributed by atoms with Gasteiger partial charge in [0.15, 0.2) is 9.84 Å². The van der Waals surface area contributed by atoms with E-state index in [-0.39, 0.29) is 10.8 Å². The summed E-state index contributed by atoms with van der Waals surface area (Å²) in [6, 6.07) is 6.90. The van der Waals surface area contributed by atoms with E-state index < -0.39 is 9.84 Å². The highest BCUT2D eigenvalue weighted by Crippen LogP contribution is 2.28. The van der Waals surface area contributed by atoms with E-state index in [4.69, 9.17) is 0 Å². The monoisotopic (exact) mass is 309 g/mol. The fourth-order valence-electron chi connectivity index (χ4n) is 1.96. The number of amides is 1. The molecular formula is C14H15NO3S2. The molecule has 1 amide bonds. The van der Waals surface area contributed by atoms with Gasteiger partial charge >= 0.3 is 0 Å². The second kappa shape index (κ2) is 5.38. The lowest BCUT2D eigenvalue weighted by Gasteiger charge is -2.13. The Balaban J connectivity index is 2.49. The number of carbonyl (C=O) groups excluding carboxylic acids is 1. The summed E-state index contributed by atoms with van der Waals surface area (Å²) in [6.45, 7) is 3.61. The molecule has 0 bridgehead atoms. The fraction of sp³-hybridized carbons (Fsp3) is 0.214. The number of hydrogen-bond acceptors (Lipinski definition) is 4. The first-order valence-electron chi connectivity index (χ1n) is 5.95. The number of aryl methyl sites for hydroxylation is 2. The Morgan fingerprint density at radius 1 is 1.25 bits per heavy atom. The molecule has 0 aliphatic carbocycles. The predicted molar refractivity (Wildman–Crippen MR) is 81.3 cm³/mol. The Kier molecular flexibility index (Phi) is 3.96. The summed E-state index contributed by atoms with van der Waals surface area (Å²) in [4.78, 5) is 12.8. The highest BCUT2D eigenvalue weighted by molar-refractivity contribution is 7.90. The molecule has 1 aromatic heterocycles. The average molecular weight is 309 g/mol. The summed E-state index contributed by atoms with van der Waals surface area (Å²) in [7, 11) is -3.40. The van der Waals surface area contributed by atoms with Crippen LogP contribution in [0.3, 0.4) is 0 Å². The quantitative estimate of drug-likeness (QED) is 0.948. The fourth-order valence-corrected chi connectivity index (χ4v) is 3.57. The van der Waals surface area contributed by atoms with E-state index in [2.05, 4.69) is 5.32 Å². The van der Waals surface area contributed by atoms with E-state index in [1.54, 1.807) is 30.5 Å². The molecule has 0 atom stereocenters. The summed E-state index contributed by atoms with van der Waals surface area (Å²) < 4.78 is 23.8.